The Morgan fingerprint density at radius 2 is 1.84 bits per heavy atom. The van der Waals surface area contributed by atoms with E-state index in [4.69, 9.17) is 19.6 Å². The smallest absolute Gasteiger partial charge is 0.252 e. The third kappa shape index (κ3) is 6.52. The van der Waals surface area contributed by atoms with Gasteiger partial charge in [0, 0.05) is 36.0 Å². The van der Waals surface area contributed by atoms with Crippen LogP contribution in [0.15, 0.2) is 94.9 Å². The molecule has 4 rings (SSSR count). The predicted molar refractivity (Wildman–Crippen MR) is 154 cm³/mol. The SMILES string of the molecule is C=CC[C@@]1(C(=O)NCCc2ccc(C)cc2)N=C(c2ccc(OCCCO)cc2)O[C@@H]1c1ccc(Br)cc1. The number of nitrogens with zero attached hydrogens (tertiary/aromatic N) is 1. The number of aliphatic imine (C=N–C) groups is 1. The Bertz CT molecular complexity index is 1260. The van der Waals surface area contributed by atoms with Crippen molar-refractivity contribution < 1.29 is 19.4 Å². The summed E-state index contributed by atoms with van der Waals surface area (Å²) >= 11 is 3.49. The van der Waals surface area contributed by atoms with Gasteiger partial charge in [0.15, 0.2) is 11.6 Å². The lowest BCUT2D eigenvalue weighted by Crippen LogP contribution is -2.48. The number of amides is 1. The highest BCUT2D eigenvalue weighted by Gasteiger charge is 2.52. The number of aliphatic hydroxyl groups is 1. The van der Waals surface area contributed by atoms with E-state index in [9.17, 15) is 4.79 Å². The van der Waals surface area contributed by atoms with E-state index in [0.29, 0.717) is 44.1 Å². The molecule has 0 bridgehead atoms. The van der Waals surface area contributed by atoms with Gasteiger partial charge >= 0.3 is 0 Å². The highest BCUT2D eigenvalue weighted by molar-refractivity contribution is 9.10. The van der Waals surface area contributed by atoms with Crippen molar-refractivity contribution >= 4 is 27.7 Å². The number of carbonyl (C=O) groups excluding carboxylic acids is 1. The zero-order chi connectivity index (χ0) is 27.0. The summed E-state index contributed by atoms with van der Waals surface area (Å²) in [5.74, 6) is 0.892. The van der Waals surface area contributed by atoms with Gasteiger partial charge in [-0.2, -0.15) is 0 Å². The van der Waals surface area contributed by atoms with Crippen molar-refractivity contribution in [3.8, 4) is 5.75 Å². The van der Waals surface area contributed by atoms with Gasteiger partial charge in [-0.05, 0) is 60.9 Å². The largest absolute Gasteiger partial charge is 0.494 e. The van der Waals surface area contributed by atoms with Crippen LogP contribution in [0.1, 0.15) is 41.2 Å². The summed E-state index contributed by atoms with van der Waals surface area (Å²) in [6.07, 6.45) is 2.70. The van der Waals surface area contributed by atoms with Crippen molar-refractivity contribution in [1.29, 1.82) is 0 Å². The Morgan fingerprint density at radius 3 is 2.50 bits per heavy atom. The summed E-state index contributed by atoms with van der Waals surface area (Å²) in [5, 5.41) is 12.1. The predicted octanol–water partition coefficient (Wildman–Crippen LogP) is 5.71. The Hall–Kier alpha value is -3.42. The van der Waals surface area contributed by atoms with E-state index in [0.717, 1.165) is 21.2 Å². The number of nitrogens with one attached hydrogen (secondary N) is 1. The van der Waals surface area contributed by atoms with Crippen LogP contribution >= 0.6 is 15.9 Å². The lowest BCUT2D eigenvalue weighted by Gasteiger charge is -2.29. The second-order valence-electron chi connectivity index (χ2n) is 9.32. The van der Waals surface area contributed by atoms with Gasteiger partial charge in [-0.25, -0.2) is 4.99 Å². The molecular formula is C31H33BrN2O4. The van der Waals surface area contributed by atoms with Crippen LogP contribution in [0.2, 0.25) is 0 Å². The first-order valence-electron chi connectivity index (χ1n) is 12.8. The van der Waals surface area contributed by atoms with Crippen molar-refractivity contribution in [1.82, 2.24) is 5.32 Å². The van der Waals surface area contributed by atoms with Crippen LogP contribution in [0.4, 0.5) is 0 Å². The van der Waals surface area contributed by atoms with Gasteiger partial charge in [-0.15, -0.1) is 6.58 Å². The molecule has 0 spiro atoms. The van der Waals surface area contributed by atoms with Gasteiger partial charge < -0.3 is 19.9 Å². The molecule has 0 saturated heterocycles. The number of benzene rings is 3. The Kier molecular flexibility index (Phi) is 9.37. The maximum absolute atomic E-state index is 13.8. The van der Waals surface area contributed by atoms with Gasteiger partial charge in [-0.3, -0.25) is 4.79 Å². The summed E-state index contributed by atoms with van der Waals surface area (Å²) < 4.78 is 13.0. The fourth-order valence-corrected chi connectivity index (χ4v) is 4.67. The Morgan fingerprint density at radius 1 is 1.13 bits per heavy atom. The molecule has 0 aliphatic carbocycles. The van der Waals surface area contributed by atoms with Gasteiger partial charge in [0.05, 0.1) is 6.61 Å². The van der Waals surface area contributed by atoms with E-state index < -0.39 is 11.6 Å². The number of aliphatic hydroxyl groups excluding tert-OH is 1. The normalized spacial score (nSPS) is 18.4. The standard InChI is InChI=1S/C31H33BrN2O4/c1-3-18-31(30(36)33-19-17-23-7-5-22(2)6-8-23)28(24-9-13-26(32)14-10-24)38-29(34-31)25-11-15-27(16-12-25)37-21-4-20-35/h3,5-16,28,35H,1,4,17-21H2,2H3,(H,33,36)/t28-,31-/m1/s1. The highest BCUT2D eigenvalue weighted by atomic mass is 79.9. The first-order valence-corrected chi connectivity index (χ1v) is 13.6. The Balaban J connectivity index is 1.60. The molecule has 3 aromatic rings. The minimum Gasteiger partial charge on any atom is -0.494 e. The molecule has 3 aromatic carbocycles. The minimum absolute atomic E-state index is 0.0820. The van der Waals surface area contributed by atoms with E-state index in [1.807, 2.05) is 48.5 Å². The lowest BCUT2D eigenvalue weighted by molar-refractivity contribution is -0.128. The topological polar surface area (TPSA) is 80.2 Å². The van der Waals surface area contributed by atoms with Crippen LogP contribution in [0.3, 0.4) is 0 Å². The van der Waals surface area contributed by atoms with Crippen LogP contribution in [-0.4, -0.2) is 42.2 Å². The number of ether oxygens (including phenoxy) is 2. The van der Waals surface area contributed by atoms with Crippen LogP contribution in [-0.2, 0) is 16.0 Å². The molecule has 1 amide bonds. The van der Waals surface area contributed by atoms with E-state index >= 15 is 0 Å². The molecule has 1 heterocycles. The number of halogens is 1. The molecule has 2 N–H and O–H groups in total. The average Bonchev–Trinajstić information content (AvgIpc) is 3.31. The first-order chi connectivity index (χ1) is 18.4. The van der Waals surface area contributed by atoms with E-state index in [2.05, 4.69) is 59.0 Å². The molecule has 0 saturated carbocycles. The van der Waals surface area contributed by atoms with Crippen LogP contribution < -0.4 is 10.1 Å². The Labute approximate surface area is 232 Å². The second-order valence-corrected chi connectivity index (χ2v) is 10.2. The fourth-order valence-electron chi connectivity index (χ4n) is 4.40. The van der Waals surface area contributed by atoms with Crippen molar-refractivity contribution in [3.05, 3.63) is 112 Å². The molecule has 6 nitrogen and oxygen atoms in total. The molecule has 1 aliphatic rings. The number of hydrogen-bond donors (Lipinski definition) is 2. The van der Waals surface area contributed by atoms with Crippen LogP contribution in [0, 0.1) is 6.92 Å². The molecule has 2 atom stereocenters. The second kappa shape index (κ2) is 12.9. The molecule has 0 fully saturated rings. The van der Waals surface area contributed by atoms with Crippen LogP contribution in [0.5, 0.6) is 5.75 Å². The maximum Gasteiger partial charge on any atom is 0.252 e. The fraction of sp³-hybridized carbons (Fsp3) is 0.290. The summed E-state index contributed by atoms with van der Waals surface area (Å²) in [6, 6.07) is 23.5. The number of aryl methyl sites for hydroxylation is 1. The van der Waals surface area contributed by atoms with Crippen molar-refractivity contribution in [2.75, 3.05) is 19.8 Å². The number of carbonyl (C=O) groups is 1. The minimum atomic E-state index is -1.20. The molecule has 38 heavy (non-hydrogen) atoms. The summed E-state index contributed by atoms with van der Waals surface area (Å²) in [5.41, 5.74) is 2.77. The van der Waals surface area contributed by atoms with Crippen molar-refractivity contribution in [2.24, 2.45) is 4.99 Å². The van der Waals surface area contributed by atoms with Gasteiger partial charge in [-0.1, -0.05) is 64.0 Å². The molecule has 1 aliphatic heterocycles. The van der Waals surface area contributed by atoms with Crippen molar-refractivity contribution in [2.45, 2.75) is 37.8 Å². The summed E-state index contributed by atoms with van der Waals surface area (Å²) in [7, 11) is 0. The summed E-state index contributed by atoms with van der Waals surface area (Å²) in [6.45, 7) is 6.99. The number of hydrogen-bond acceptors (Lipinski definition) is 5. The third-order valence-corrected chi connectivity index (χ3v) is 7.01. The van der Waals surface area contributed by atoms with Gasteiger partial charge in [0.1, 0.15) is 5.75 Å². The summed E-state index contributed by atoms with van der Waals surface area (Å²) in [4.78, 5) is 18.8. The first kappa shape index (κ1) is 27.6. The zero-order valence-corrected chi connectivity index (χ0v) is 23.1. The molecule has 7 heteroatoms. The van der Waals surface area contributed by atoms with Crippen LogP contribution in [0.25, 0.3) is 0 Å². The molecule has 0 unspecified atom stereocenters. The van der Waals surface area contributed by atoms with E-state index in [1.54, 1.807) is 6.08 Å². The highest BCUT2D eigenvalue weighted by Crippen LogP contribution is 2.43. The lowest BCUT2D eigenvalue weighted by atomic mass is 9.84. The monoisotopic (exact) mass is 576 g/mol. The zero-order valence-electron chi connectivity index (χ0n) is 21.5. The quantitative estimate of drug-likeness (QED) is 0.214. The average molecular weight is 578 g/mol. The van der Waals surface area contributed by atoms with Gasteiger partial charge in [0.2, 0.25) is 5.90 Å². The van der Waals surface area contributed by atoms with Crippen molar-refractivity contribution in [3.63, 3.8) is 0 Å². The van der Waals surface area contributed by atoms with E-state index in [-0.39, 0.29) is 12.5 Å². The maximum atomic E-state index is 13.8. The third-order valence-electron chi connectivity index (χ3n) is 6.48. The molecule has 0 aromatic heterocycles. The molecular weight excluding hydrogens is 544 g/mol. The number of rotatable bonds is 12. The van der Waals surface area contributed by atoms with Gasteiger partial charge in [0.25, 0.3) is 5.91 Å². The molecule has 198 valence electrons. The molecule has 0 radical (unpaired) electrons. The van der Waals surface area contributed by atoms with E-state index in [1.165, 1.54) is 5.56 Å².